The van der Waals surface area contributed by atoms with Gasteiger partial charge in [0.05, 0.1) is 31.2 Å². The average Bonchev–Trinajstić information content (AvgIpc) is 2.85. The van der Waals surface area contributed by atoms with Crippen LogP contribution < -0.4 is 14.2 Å². The number of nitrogens with zero attached hydrogens (tertiary/aromatic N) is 1. The van der Waals surface area contributed by atoms with Crippen molar-refractivity contribution >= 4 is 10.0 Å². The third kappa shape index (κ3) is 10.4. The van der Waals surface area contributed by atoms with Gasteiger partial charge < -0.3 is 9.47 Å². The summed E-state index contributed by atoms with van der Waals surface area (Å²) in [5, 5.41) is 9.30. The normalized spacial score (nSPS) is 9.70. The maximum absolute atomic E-state index is 12.8. The zero-order chi connectivity index (χ0) is 25.3. The first-order valence-corrected chi connectivity index (χ1v) is 9.81. The number of benzene rings is 2. The number of hydrogen-bond donors (Lipinski definition) is 1. The fraction of sp³-hybridized carbons (Fsp3) is 0.182. The molecule has 1 N–H and O–H groups in total. The van der Waals surface area contributed by atoms with Gasteiger partial charge in [0.15, 0.2) is 0 Å². The van der Waals surface area contributed by atoms with Crippen LogP contribution in [0.25, 0.3) is 0 Å². The van der Waals surface area contributed by atoms with Crippen LogP contribution in [-0.4, -0.2) is 22.6 Å². The van der Waals surface area contributed by atoms with Gasteiger partial charge in [0.1, 0.15) is 11.5 Å². The molecule has 0 amide bonds. The number of methoxy groups -OCH3 is 2. The molecule has 11 heteroatoms. The molecule has 0 bridgehead atoms. The van der Waals surface area contributed by atoms with Gasteiger partial charge in [-0.25, -0.2) is 8.42 Å². The molecule has 172 valence electrons. The van der Waals surface area contributed by atoms with E-state index in [9.17, 15) is 13.7 Å². The van der Waals surface area contributed by atoms with Crippen LogP contribution in [0.5, 0.6) is 11.5 Å². The third-order valence-electron chi connectivity index (χ3n) is 3.84. The molecule has 1 atom stereocenters. The Labute approximate surface area is 204 Å². The van der Waals surface area contributed by atoms with E-state index in [0.29, 0.717) is 17.1 Å². The summed E-state index contributed by atoms with van der Waals surface area (Å²) in [6, 6.07) is 12.3. The van der Waals surface area contributed by atoms with Gasteiger partial charge >= 0.3 is 33.9 Å². The number of nitriles is 1. The fourth-order valence-corrected chi connectivity index (χ4v) is 3.60. The molecule has 2 aromatic rings. The molecule has 0 aliphatic carbocycles. The van der Waals surface area contributed by atoms with Crippen LogP contribution in [0.2, 0.25) is 0 Å². The molecule has 0 heterocycles. The van der Waals surface area contributed by atoms with Gasteiger partial charge in [-0.1, -0.05) is 24.3 Å². The summed E-state index contributed by atoms with van der Waals surface area (Å²) in [6.45, 7) is 19.1. The number of ether oxygens (including phenoxy) is 2. The van der Waals surface area contributed by atoms with Crippen LogP contribution in [0.15, 0.2) is 59.5 Å². The largest absolute Gasteiger partial charge is 0 e. The first-order valence-electron chi connectivity index (χ1n) is 8.33. The van der Waals surface area contributed by atoms with Crippen LogP contribution in [0, 0.1) is 38.2 Å². The van der Waals surface area contributed by atoms with Crippen LogP contribution in [0.3, 0.4) is 0 Å². The van der Waals surface area contributed by atoms with Crippen molar-refractivity contribution in [2.75, 3.05) is 14.2 Å². The van der Waals surface area contributed by atoms with Gasteiger partial charge in [-0.3, -0.25) is 0 Å². The van der Waals surface area contributed by atoms with E-state index < -0.39 is 16.1 Å². The van der Waals surface area contributed by atoms with Gasteiger partial charge in [-0.2, -0.15) is 9.98 Å². The van der Waals surface area contributed by atoms with E-state index >= 15 is 0 Å². The molecule has 0 unspecified atom stereocenters. The van der Waals surface area contributed by atoms with Crippen molar-refractivity contribution in [1.29, 1.82) is 5.26 Å². The van der Waals surface area contributed by atoms with E-state index in [2.05, 4.69) is 31.3 Å². The van der Waals surface area contributed by atoms with E-state index in [1.54, 1.807) is 30.3 Å². The molecule has 0 saturated heterocycles. The summed E-state index contributed by atoms with van der Waals surface area (Å²) in [5.41, 5.74) is 1.41. The summed E-state index contributed by atoms with van der Waals surface area (Å²) in [6.07, 6.45) is 0. The molecule has 0 aliphatic rings. The summed E-state index contributed by atoms with van der Waals surface area (Å²) >= 11 is 0. The van der Waals surface area contributed by atoms with E-state index in [4.69, 9.17) is 23.4 Å². The van der Waals surface area contributed by atoms with Crippen LogP contribution >= 0.6 is 0 Å². The maximum atomic E-state index is 12.8. The van der Waals surface area contributed by atoms with E-state index in [0.717, 1.165) is 5.56 Å². The number of rotatable bonds is 7. The number of nitrogens with one attached hydrogen (secondary N) is 1. The Balaban J connectivity index is -0.00000119. The predicted molar refractivity (Wildman–Crippen MR) is 110 cm³/mol. The summed E-state index contributed by atoms with van der Waals surface area (Å²) in [5.74, 6) is 0.921. The Hall–Kier alpha value is -3.07. The Kier molecular flexibility index (Phi) is 19.4. The zero-order valence-corrected chi connectivity index (χ0v) is 20.0. The second kappa shape index (κ2) is 18.5. The number of sulfonamides is 1. The molecule has 0 spiro atoms. The predicted octanol–water partition coefficient (Wildman–Crippen LogP) is 3.00. The molecule has 0 saturated carbocycles. The quantitative estimate of drug-likeness (QED) is 0.347. The average molecular weight is 508 g/mol. The molecule has 0 aliphatic heterocycles. The van der Waals surface area contributed by atoms with Crippen molar-refractivity contribution in [2.24, 2.45) is 0 Å². The van der Waals surface area contributed by atoms with E-state index in [-0.39, 0.29) is 27.8 Å². The standard InChI is InChI=1S/C19H20N2O4S.3CO.Cr/c1-13-5-8-16(9-6-13)26(22,23)21-19(14(2)12-20)17-11-15(24-3)7-10-18(17)25-4;3*1-2;/h5-11,19,21H,2H2,1,3-4H3;;;;/t19-;;;;/m0..../s1. The maximum Gasteiger partial charge on any atom is 0 e. The second-order valence-corrected chi connectivity index (χ2v) is 7.33. The van der Waals surface area contributed by atoms with Crippen molar-refractivity contribution in [1.82, 2.24) is 4.72 Å². The number of hydrogen-bond acceptors (Lipinski definition) is 5. The third-order valence-corrected chi connectivity index (χ3v) is 5.28. The molecule has 2 rings (SSSR count). The minimum Gasteiger partial charge on any atom is 0 e. The van der Waals surface area contributed by atoms with Gasteiger partial charge in [-0.05, 0) is 37.3 Å². The first kappa shape index (κ1) is 34.5. The molecule has 0 fully saturated rings. The molecular weight excluding hydrogens is 488 g/mol. The van der Waals surface area contributed by atoms with Crippen LogP contribution in [0.4, 0.5) is 0 Å². The fourth-order valence-electron chi connectivity index (χ4n) is 2.39. The second-order valence-electron chi connectivity index (χ2n) is 5.61. The molecular formula is C22H20CrN2O7S. The Bertz CT molecular complexity index is 1070. The van der Waals surface area contributed by atoms with Crippen molar-refractivity contribution < 1.29 is 49.2 Å². The zero-order valence-electron chi connectivity index (χ0n) is 17.9. The summed E-state index contributed by atoms with van der Waals surface area (Å²) in [4.78, 5) is 0.0979. The minimum absolute atomic E-state index is 0. The summed E-state index contributed by atoms with van der Waals surface area (Å²) < 4.78 is 61.1. The van der Waals surface area contributed by atoms with E-state index in [1.165, 1.54) is 26.4 Å². The molecule has 2 aromatic carbocycles. The SMILES string of the molecule is C=C(C#N)[C@H](NS(=O)(=O)c1ccc(C)cc1)c1cc(OC)ccc1OC.[C-]#[O+].[C-]#[O+].[C-]#[O+].[Cr]. The van der Waals surface area contributed by atoms with E-state index in [1.807, 2.05) is 13.0 Å². The molecule has 0 aromatic heterocycles. The van der Waals surface area contributed by atoms with Crippen molar-refractivity contribution in [3.63, 3.8) is 0 Å². The van der Waals surface area contributed by atoms with Gasteiger partial charge in [0, 0.05) is 28.5 Å². The van der Waals surface area contributed by atoms with Crippen molar-refractivity contribution in [2.45, 2.75) is 17.9 Å². The Morgan fingerprint density at radius 2 is 1.55 bits per heavy atom. The monoisotopic (exact) mass is 508 g/mol. The van der Waals surface area contributed by atoms with Crippen molar-refractivity contribution in [3.8, 4) is 17.6 Å². The molecule has 33 heavy (non-hydrogen) atoms. The molecule has 0 radical (unpaired) electrons. The van der Waals surface area contributed by atoms with Crippen LogP contribution in [-0.2, 0) is 41.3 Å². The van der Waals surface area contributed by atoms with Crippen molar-refractivity contribution in [3.05, 3.63) is 85.7 Å². The minimum atomic E-state index is -3.88. The molecule has 9 nitrogen and oxygen atoms in total. The Morgan fingerprint density at radius 1 is 1.03 bits per heavy atom. The number of aryl methyl sites for hydroxylation is 1. The van der Waals surface area contributed by atoms with Crippen LogP contribution in [0.1, 0.15) is 17.2 Å². The Morgan fingerprint density at radius 3 is 1.97 bits per heavy atom. The van der Waals surface area contributed by atoms with Gasteiger partial charge in [-0.15, -0.1) is 0 Å². The smallest absolute Gasteiger partial charge is 0 e. The topological polar surface area (TPSA) is 148 Å². The van der Waals surface area contributed by atoms with Gasteiger partial charge in [0.25, 0.3) is 0 Å². The first-order chi connectivity index (χ1) is 15.3. The van der Waals surface area contributed by atoms with Gasteiger partial charge in [0.2, 0.25) is 10.0 Å². The summed E-state index contributed by atoms with van der Waals surface area (Å²) in [7, 11) is -0.922.